The van der Waals surface area contributed by atoms with E-state index in [9.17, 15) is 9.59 Å². The summed E-state index contributed by atoms with van der Waals surface area (Å²) < 4.78 is 5.34. The number of ether oxygens (including phenoxy) is 1. The Labute approximate surface area is 178 Å². The molecule has 2 heterocycles. The van der Waals surface area contributed by atoms with Crippen molar-refractivity contribution in [2.75, 3.05) is 26.3 Å². The lowest BCUT2D eigenvalue weighted by molar-refractivity contribution is 0.0303. The van der Waals surface area contributed by atoms with Gasteiger partial charge >= 0.3 is 0 Å². The molecule has 0 saturated carbocycles. The second kappa shape index (κ2) is 7.34. The lowest BCUT2D eigenvalue weighted by Crippen LogP contribution is -2.40. The van der Waals surface area contributed by atoms with Crippen molar-refractivity contribution in [3.63, 3.8) is 0 Å². The Morgan fingerprint density at radius 1 is 1.13 bits per heavy atom. The molecular weight excluding hydrogens is 398 g/mol. The van der Waals surface area contributed by atoms with Crippen LogP contribution in [-0.2, 0) is 11.2 Å². The maximum atomic E-state index is 12.9. The summed E-state index contributed by atoms with van der Waals surface area (Å²) in [5.74, 6) is -0.428. The first-order valence-corrected chi connectivity index (χ1v) is 10.8. The molecule has 6 nitrogen and oxygen atoms in total. The van der Waals surface area contributed by atoms with Gasteiger partial charge in [-0.15, -0.1) is 11.3 Å². The number of aryl methyl sites for hydroxylation is 1. The molecule has 2 amide bonds. The highest BCUT2D eigenvalue weighted by atomic mass is 32.1. The molecule has 0 radical (unpaired) electrons. The van der Waals surface area contributed by atoms with Crippen molar-refractivity contribution in [3.05, 3.63) is 63.0 Å². The number of morpholine rings is 1. The van der Waals surface area contributed by atoms with Gasteiger partial charge < -0.3 is 15.4 Å². The van der Waals surface area contributed by atoms with Crippen LogP contribution in [0.3, 0.4) is 0 Å². The summed E-state index contributed by atoms with van der Waals surface area (Å²) in [7, 11) is 0. The number of thiazole rings is 1. The van der Waals surface area contributed by atoms with E-state index in [-0.39, 0.29) is 5.91 Å². The predicted octanol–water partition coefficient (Wildman–Crippen LogP) is 3.26. The van der Waals surface area contributed by atoms with E-state index in [1.807, 2.05) is 41.5 Å². The Kier molecular flexibility index (Phi) is 4.64. The molecule has 0 bridgehead atoms. The molecular formula is C23H21N3O3S. The summed E-state index contributed by atoms with van der Waals surface area (Å²) in [6, 6.07) is 9.71. The van der Waals surface area contributed by atoms with E-state index in [1.54, 1.807) is 11.3 Å². The molecule has 1 saturated heterocycles. The number of hydrogen-bond donors (Lipinski definition) is 1. The zero-order valence-electron chi connectivity index (χ0n) is 16.6. The van der Waals surface area contributed by atoms with E-state index in [1.165, 1.54) is 0 Å². The quantitative estimate of drug-likeness (QED) is 0.552. The van der Waals surface area contributed by atoms with Crippen molar-refractivity contribution in [2.24, 2.45) is 5.73 Å². The largest absolute Gasteiger partial charge is 0.378 e. The van der Waals surface area contributed by atoms with Crippen molar-refractivity contribution in [3.8, 4) is 22.4 Å². The van der Waals surface area contributed by atoms with E-state index in [4.69, 9.17) is 10.5 Å². The van der Waals surface area contributed by atoms with Gasteiger partial charge in [0.05, 0.1) is 23.9 Å². The number of hydrogen-bond acceptors (Lipinski definition) is 5. The average Bonchev–Trinajstić information content (AvgIpc) is 3.35. The molecule has 30 heavy (non-hydrogen) atoms. The molecule has 7 heteroatoms. The molecule has 2 N–H and O–H groups in total. The fourth-order valence-corrected chi connectivity index (χ4v) is 4.86. The maximum absolute atomic E-state index is 12.9. The molecule has 1 aliphatic carbocycles. The molecule has 3 aromatic rings. The lowest BCUT2D eigenvalue weighted by Gasteiger charge is -2.27. The molecule has 152 valence electrons. The van der Waals surface area contributed by atoms with Crippen LogP contribution in [0, 0.1) is 6.92 Å². The van der Waals surface area contributed by atoms with E-state index in [0.29, 0.717) is 43.9 Å². The molecule has 5 rings (SSSR count). The van der Waals surface area contributed by atoms with Crippen molar-refractivity contribution >= 4 is 23.2 Å². The van der Waals surface area contributed by atoms with Gasteiger partial charge in [-0.1, -0.05) is 6.07 Å². The minimum absolute atomic E-state index is 0.0193. The number of rotatable bonds is 3. The van der Waals surface area contributed by atoms with Crippen LogP contribution in [0.2, 0.25) is 0 Å². The Morgan fingerprint density at radius 3 is 2.63 bits per heavy atom. The Balaban J connectivity index is 1.56. The fourth-order valence-electron chi connectivity index (χ4n) is 4.24. The van der Waals surface area contributed by atoms with Crippen molar-refractivity contribution < 1.29 is 14.3 Å². The highest BCUT2D eigenvalue weighted by Crippen LogP contribution is 2.41. The number of nitrogens with two attached hydrogens (primary N) is 1. The van der Waals surface area contributed by atoms with Gasteiger partial charge in [0.2, 0.25) is 5.91 Å². The van der Waals surface area contributed by atoms with Gasteiger partial charge in [0.15, 0.2) is 0 Å². The summed E-state index contributed by atoms with van der Waals surface area (Å²) >= 11 is 1.57. The van der Waals surface area contributed by atoms with E-state index in [0.717, 1.165) is 38.5 Å². The molecule has 0 spiro atoms. The molecule has 1 aliphatic heterocycles. The summed E-state index contributed by atoms with van der Waals surface area (Å²) in [6.45, 7) is 4.32. The molecule has 0 atom stereocenters. The van der Waals surface area contributed by atoms with Gasteiger partial charge in [-0.2, -0.15) is 0 Å². The predicted molar refractivity (Wildman–Crippen MR) is 116 cm³/mol. The van der Waals surface area contributed by atoms with E-state index >= 15 is 0 Å². The standard InChI is InChI=1S/C23H21N3O3S/c1-13-25-21(12-30-13)16-10-18-17-3-2-14(23(28)26-4-6-29-7-5-26)8-15(17)9-19(18)20(11-16)22(24)27/h2-3,8,10-12H,4-7,9H2,1H3,(H2,24,27). The molecule has 0 unspecified atom stereocenters. The number of primary amides is 1. The van der Waals surface area contributed by atoms with Crippen LogP contribution in [0.15, 0.2) is 35.7 Å². The number of nitrogens with zero attached hydrogens (tertiary/aromatic N) is 2. The first-order valence-electron chi connectivity index (χ1n) is 9.91. The van der Waals surface area contributed by atoms with Crippen LogP contribution in [0.25, 0.3) is 22.4 Å². The number of amides is 2. The first kappa shape index (κ1) is 19.0. The molecule has 2 aromatic carbocycles. The minimum atomic E-state index is -0.447. The zero-order valence-corrected chi connectivity index (χ0v) is 17.4. The molecule has 1 fully saturated rings. The molecule has 2 aliphatic rings. The van der Waals surface area contributed by atoms with Crippen molar-refractivity contribution in [1.29, 1.82) is 0 Å². The van der Waals surface area contributed by atoms with Gasteiger partial charge in [0.25, 0.3) is 5.91 Å². The van der Waals surface area contributed by atoms with Gasteiger partial charge in [0.1, 0.15) is 0 Å². The highest BCUT2D eigenvalue weighted by Gasteiger charge is 2.27. The average molecular weight is 420 g/mol. The van der Waals surface area contributed by atoms with Gasteiger partial charge in [0, 0.05) is 35.2 Å². The summed E-state index contributed by atoms with van der Waals surface area (Å²) in [5.41, 5.74) is 12.6. The number of carbonyl (C=O) groups is 2. The van der Waals surface area contributed by atoms with Crippen LogP contribution >= 0.6 is 11.3 Å². The number of fused-ring (bicyclic) bond motifs is 3. The molecule has 1 aromatic heterocycles. The van der Waals surface area contributed by atoms with Crippen LogP contribution in [0.5, 0.6) is 0 Å². The monoisotopic (exact) mass is 419 g/mol. The van der Waals surface area contributed by atoms with Gasteiger partial charge in [-0.25, -0.2) is 4.98 Å². The van der Waals surface area contributed by atoms with Crippen LogP contribution in [0.4, 0.5) is 0 Å². The Morgan fingerprint density at radius 2 is 1.93 bits per heavy atom. The van der Waals surface area contributed by atoms with Crippen molar-refractivity contribution in [1.82, 2.24) is 9.88 Å². The van der Waals surface area contributed by atoms with Gasteiger partial charge in [-0.05, 0) is 59.9 Å². The van der Waals surface area contributed by atoms with E-state index < -0.39 is 5.91 Å². The number of carbonyl (C=O) groups excluding carboxylic acids is 2. The summed E-state index contributed by atoms with van der Waals surface area (Å²) in [5, 5.41) is 2.96. The zero-order chi connectivity index (χ0) is 20.8. The highest BCUT2D eigenvalue weighted by molar-refractivity contribution is 7.09. The third kappa shape index (κ3) is 3.20. The van der Waals surface area contributed by atoms with Crippen LogP contribution < -0.4 is 5.73 Å². The maximum Gasteiger partial charge on any atom is 0.254 e. The second-order valence-corrected chi connectivity index (χ2v) is 8.68. The Hall–Kier alpha value is -3.03. The van der Waals surface area contributed by atoms with Gasteiger partial charge in [-0.3, -0.25) is 9.59 Å². The normalized spacial score (nSPS) is 15.0. The smallest absolute Gasteiger partial charge is 0.254 e. The number of benzene rings is 2. The topological polar surface area (TPSA) is 85.5 Å². The third-order valence-corrected chi connectivity index (χ3v) is 6.51. The van der Waals surface area contributed by atoms with Crippen LogP contribution in [0.1, 0.15) is 36.9 Å². The summed E-state index contributed by atoms with van der Waals surface area (Å²) in [4.78, 5) is 31.5. The summed E-state index contributed by atoms with van der Waals surface area (Å²) in [6.07, 6.45) is 0.587. The number of aromatic nitrogens is 1. The Bertz CT molecular complexity index is 1180. The van der Waals surface area contributed by atoms with Crippen LogP contribution in [-0.4, -0.2) is 48.0 Å². The minimum Gasteiger partial charge on any atom is -0.378 e. The fraction of sp³-hybridized carbons (Fsp3) is 0.261. The SMILES string of the molecule is Cc1nc(-c2cc(C(N)=O)c3c(c2)-c2ccc(C(=O)N4CCOCC4)cc2C3)cs1. The van der Waals surface area contributed by atoms with Crippen molar-refractivity contribution in [2.45, 2.75) is 13.3 Å². The van der Waals surface area contributed by atoms with E-state index in [2.05, 4.69) is 11.1 Å². The second-order valence-electron chi connectivity index (χ2n) is 7.62. The third-order valence-electron chi connectivity index (χ3n) is 5.74. The first-order chi connectivity index (χ1) is 14.5. The lowest BCUT2D eigenvalue weighted by atomic mass is 9.96.